The van der Waals surface area contributed by atoms with E-state index in [-0.39, 0.29) is 22.3 Å². The normalized spacial score (nSPS) is 75.6. The highest BCUT2D eigenvalue weighted by molar-refractivity contribution is 5.42. The molecule has 9 rings (SSSR count). The van der Waals surface area contributed by atoms with Gasteiger partial charge in [-0.05, 0) is 60.2 Å². The third kappa shape index (κ3) is 0.910. The van der Waals surface area contributed by atoms with Crippen molar-refractivity contribution >= 4 is 0 Å². The zero-order chi connectivity index (χ0) is 15.6. The van der Waals surface area contributed by atoms with Gasteiger partial charge >= 0.3 is 0 Å². The van der Waals surface area contributed by atoms with Crippen molar-refractivity contribution < 1.29 is 10.2 Å². The lowest BCUT2D eigenvalue weighted by molar-refractivity contribution is -0.246. The fourth-order valence-electron chi connectivity index (χ4n) is 10.6. The first-order valence-electron chi connectivity index (χ1n) is 9.73. The Morgan fingerprint density at radius 3 is 2.96 bits per heavy atom. The van der Waals surface area contributed by atoms with E-state index in [2.05, 4.69) is 18.4 Å². The topological polar surface area (TPSA) is 43.7 Å². The minimum Gasteiger partial charge on any atom is -0.392 e. The van der Waals surface area contributed by atoms with Gasteiger partial charge in [0, 0.05) is 24.4 Å². The summed E-state index contributed by atoms with van der Waals surface area (Å²) in [4.78, 5) is 2.56. The molecule has 3 aliphatic heterocycles. The number of fused-ring (bicyclic) bond motifs is 1. The molecule has 0 aromatic rings. The van der Waals surface area contributed by atoms with Crippen molar-refractivity contribution in [2.75, 3.05) is 6.54 Å². The highest BCUT2D eigenvalue weighted by atomic mass is 16.3. The molecule has 1 unspecified atom stereocenters. The smallest absolute Gasteiger partial charge is 0.123 e. The third-order valence-corrected chi connectivity index (χ3v) is 10.2. The first-order valence-corrected chi connectivity index (χ1v) is 9.73. The van der Waals surface area contributed by atoms with Gasteiger partial charge in [0.05, 0.1) is 6.10 Å². The van der Waals surface area contributed by atoms with Crippen LogP contribution in [-0.2, 0) is 0 Å². The molecule has 9 bridgehead atoms. The summed E-state index contributed by atoms with van der Waals surface area (Å²) < 4.78 is 0. The molecule has 11 atom stereocenters. The molecule has 0 radical (unpaired) electrons. The van der Waals surface area contributed by atoms with Crippen LogP contribution in [0.1, 0.15) is 45.4 Å². The van der Waals surface area contributed by atoms with Crippen LogP contribution in [0.15, 0.2) is 12.2 Å². The summed E-state index contributed by atoms with van der Waals surface area (Å²) in [5.74, 6) is 1.89. The molecule has 124 valence electrons. The minimum absolute atomic E-state index is 0.167. The number of aliphatic hydroxyl groups excluding tert-OH is 1. The van der Waals surface area contributed by atoms with Crippen LogP contribution in [0.4, 0.5) is 0 Å². The van der Waals surface area contributed by atoms with Gasteiger partial charge < -0.3 is 10.2 Å². The van der Waals surface area contributed by atoms with E-state index in [1.54, 1.807) is 0 Å². The van der Waals surface area contributed by atoms with E-state index < -0.39 is 5.72 Å². The Kier molecular flexibility index (Phi) is 1.73. The van der Waals surface area contributed by atoms with Gasteiger partial charge in [-0.3, -0.25) is 4.90 Å². The molecule has 9 aliphatic rings. The average Bonchev–Trinajstić information content (AvgIpc) is 2.81. The van der Waals surface area contributed by atoms with E-state index >= 15 is 0 Å². The second-order valence-corrected chi connectivity index (χ2v) is 10.7. The zero-order valence-corrected chi connectivity index (χ0v) is 14.0. The molecule has 6 aliphatic carbocycles. The van der Waals surface area contributed by atoms with E-state index in [1.807, 2.05) is 0 Å². The lowest BCUT2D eigenvalue weighted by Gasteiger charge is -2.66. The number of aliphatic hydroxyl groups is 2. The summed E-state index contributed by atoms with van der Waals surface area (Å²) >= 11 is 0. The van der Waals surface area contributed by atoms with Crippen molar-refractivity contribution in [1.29, 1.82) is 0 Å². The molecule has 0 amide bonds. The van der Waals surface area contributed by atoms with Gasteiger partial charge in [-0.1, -0.05) is 25.5 Å². The van der Waals surface area contributed by atoms with Crippen LogP contribution in [0.5, 0.6) is 0 Å². The maximum absolute atomic E-state index is 11.8. The van der Waals surface area contributed by atoms with Crippen molar-refractivity contribution in [2.24, 2.45) is 39.9 Å². The number of hydrogen-bond acceptors (Lipinski definition) is 3. The van der Waals surface area contributed by atoms with Crippen LogP contribution in [0, 0.1) is 39.9 Å². The quantitative estimate of drug-likeness (QED) is 0.674. The summed E-state index contributed by atoms with van der Waals surface area (Å²) in [6.07, 6.45) is 6.75. The van der Waals surface area contributed by atoms with Crippen LogP contribution in [-0.4, -0.2) is 39.5 Å². The Bertz CT molecular complexity index is 691. The Morgan fingerprint density at radius 1 is 1.30 bits per heavy atom. The first-order chi connectivity index (χ1) is 10.9. The number of rotatable bonds is 0. The van der Waals surface area contributed by atoms with Crippen molar-refractivity contribution in [3.05, 3.63) is 12.2 Å². The van der Waals surface area contributed by atoms with Crippen molar-refractivity contribution in [2.45, 2.75) is 63.3 Å². The minimum atomic E-state index is -0.572. The summed E-state index contributed by atoms with van der Waals surface area (Å²) in [5.41, 5.74) is 1.36. The standard InChI is InChI=1S/C20H27NO2/c1-10-7-18-8-20(23)16-17(2)4-3-5-19(16)14(18)13(22)11(10)6-12(18)15(19)21(20)9-17/h11-16,22-23H,1,3-9H2,2H3/t11-,12-,13-,14-,15-,16-,17+,18+,19+,20-/m1/s1. The number of piperidine rings is 2. The Balaban J connectivity index is 1.56. The molecule has 6 saturated carbocycles. The number of nitrogens with zero attached hydrogens (tertiary/aromatic N) is 1. The zero-order valence-electron chi connectivity index (χ0n) is 14.0. The molecule has 0 aromatic carbocycles. The van der Waals surface area contributed by atoms with Gasteiger partial charge in [0.1, 0.15) is 5.72 Å². The summed E-state index contributed by atoms with van der Waals surface area (Å²) in [5, 5.41) is 23.2. The molecule has 2 N–H and O–H groups in total. The lowest BCUT2D eigenvalue weighted by atomic mass is 9.39. The molecule has 3 nitrogen and oxygen atoms in total. The molecule has 3 saturated heterocycles. The number of hydrogen-bond donors (Lipinski definition) is 2. The van der Waals surface area contributed by atoms with Crippen molar-refractivity contribution in [3.8, 4) is 0 Å². The fraction of sp³-hybridized carbons (Fsp3) is 0.900. The van der Waals surface area contributed by atoms with E-state index in [1.165, 1.54) is 24.8 Å². The van der Waals surface area contributed by atoms with E-state index in [9.17, 15) is 10.2 Å². The van der Waals surface area contributed by atoms with Gasteiger partial charge in [-0.15, -0.1) is 0 Å². The Morgan fingerprint density at radius 2 is 2.13 bits per heavy atom. The van der Waals surface area contributed by atoms with Crippen molar-refractivity contribution in [1.82, 2.24) is 4.90 Å². The predicted molar refractivity (Wildman–Crippen MR) is 85.2 cm³/mol. The first kappa shape index (κ1) is 12.9. The molecular formula is C20H27NO2. The van der Waals surface area contributed by atoms with Crippen LogP contribution < -0.4 is 0 Å². The maximum atomic E-state index is 11.8. The van der Waals surface area contributed by atoms with E-state index in [4.69, 9.17) is 0 Å². The fourth-order valence-corrected chi connectivity index (χ4v) is 10.6. The molecule has 9 fully saturated rings. The van der Waals surface area contributed by atoms with Gasteiger partial charge in [-0.25, -0.2) is 0 Å². The van der Waals surface area contributed by atoms with Gasteiger partial charge in [0.25, 0.3) is 0 Å². The van der Waals surface area contributed by atoms with Crippen LogP contribution in [0.2, 0.25) is 0 Å². The summed E-state index contributed by atoms with van der Waals surface area (Å²) in [7, 11) is 0. The second-order valence-electron chi connectivity index (χ2n) is 10.7. The maximum Gasteiger partial charge on any atom is 0.123 e. The van der Waals surface area contributed by atoms with Gasteiger partial charge in [-0.2, -0.15) is 0 Å². The van der Waals surface area contributed by atoms with E-state index in [0.717, 1.165) is 25.8 Å². The third-order valence-electron chi connectivity index (χ3n) is 10.2. The van der Waals surface area contributed by atoms with Gasteiger partial charge in [0.15, 0.2) is 0 Å². The second kappa shape index (κ2) is 3.08. The Labute approximate surface area is 137 Å². The molecule has 3 heterocycles. The SMILES string of the molecule is C=C1C[C@@]23C[C@@]4(O)[C@@H]5[C@@]6(C)CCC[C@@]57[C@@H]2[C@H](O)[C@@H]1C[C@@H]3[C@H]7N4C6. The van der Waals surface area contributed by atoms with E-state index in [0.29, 0.717) is 29.7 Å². The van der Waals surface area contributed by atoms with Gasteiger partial charge in [0.2, 0.25) is 0 Å². The molecular weight excluding hydrogens is 286 g/mol. The molecule has 3 heteroatoms. The Hall–Kier alpha value is -0.380. The lowest BCUT2D eigenvalue weighted by Crippen LogP contribution is -2.67. The monoisotopic (exact) mass is 313 g/mol. The average molecular weight is 313 g/mol. The molecule has 2 spiro atoms. The van der Waals surface area contributed by atoms with Crippen LogP contribution in [0.3, 0.4) is 0 Å². The van der Waals surface area contributed by atoms with Crippen LogP contribution >= 0.6 is 0 Å². The molecule has 0 aromatic heterocycles. The summed E-state index contributed by atoms with van der Waals surface area (Å²) in [6, 6.07) is 0.553. The molecule has 23 heavy (non-hydrogen) atoms. The highest BCUT2D eigenvalue weighted by Crippen LogP contribution is 2.88. The van der Waals surface area contributed by atoms with Crippen LogP contribution in [0.25, 0.3) is 0 Å². The predicted octanol–water partition coefficient (Wildman–Crippen LogP) is 2.14. The largest absolute Gasteiger partial charge is 0.392 e. The highest BCUT2D eigenvalue weighted by Gasteiger charge is 2.91. The van der Waals surface area contributed by atoms with Crippen molar-refractivity contribution in [3.63, 3.8) is 0 Å². The summed E-state index contributed by atoms with van der Waals surface area (Å²) in [6.45, 7) is 7.87.